The van der Waals surface area contributed by atoms with Crippen LogP contribution in [0.3, 0.4) is 0 Å². The van der Waals surface area contributed by atoms with E-state index in [0.717, 1.165) is 6.42 Å². The fourth-order valence-corrected chi connectivity index (χ4v) is 3.32. The first-order valence-electron chi connectivity index (χ1n) is 6.02. The van der Waals surface area contributed by atoms with Crippen LogP contribution < -0.4 is 10.5 Å². The van der Waals surface area contributed by atoms with Gasteiger partial charge >= 0.3 is 5.69 Å². The third-order valence-corrected chi connectivity index (χ3v) is 4.54. The molecular weight excluding hydrogens is 286 g/mol. The van der Waals surface area contributed by atoms with E-state index >= 15 is 0 Å². The predicted molar refractivity (Wildman–Crippen MR) is 71.6 cm³/mol. The van der Waals surface area contributed by atoms with E-state index in [1.807, 2.05) is 0 Å². The van der Waals surface area contributed by atoms with Crippen molar-refractivity contribution in [2.45, 2.75) is 11.3 Å². The van der Waals surface area contributed by atoms with Crippen molar-refractivity contribution in [3.8, 4) is 0 Å². The Morgan fingerprint density at radius 2 is 2.25 bits per heavy atom. The van der Waals surface area contributed by atoms with E-state index in [0.29, 0.717) is 13.2 Å². The summed E-state index contributed by atoms with van der Waals surface area (Å²) in [5.41, 5.74) is 4.71. The first-order chi connectivity index (χ1) is 9.42. The molecule has 0 amide bonds. The van der Waals surface area contributed by atoms with Crippen molar-refractivity contribution in [2.24, 2.45) is 5.92 Å². The molecule has 1 atom stereocenters. The SMILES string of the molecule is Nc1cccc(S(=O)(=O)NCC2CCOC2)c1[N+](=O)[O-]. The number of nitrogens with one attached hydrogen (secondary N) is 1. The van der Waals surface area contributed by atoms with Crippen molar-refractivity contribution >= 4 is 21.4 Å². The van der Waals surface area contributed by atoms with E-state index in [2.05, 4.69) is 4.72 Å². The molecule has 110 valence electrons. The Morgan fingerprint density at radius 1 is 1.50 bits per heavy atom. The van der Waals surface area contributed by atoms with Gasteiger partial charge in [0, 0.05) is 13.2 Å². The van der Waals surface area contributed by atoms with Crippen molar-refractivity contribution in [2.75, 3.05) is 25.5 Å². The summed E-state index contributed by atoms with van der Waals surface area (Å²) < 4.78 is 31.8. The number of nitrogen functional groups attached to an aromatic ring is 1. The standard InChI is InChI=1S/C11H15N3O5S/c12-9-2-1-3-10(11(9)14(15)16)20(17,18)13-6-8-4-5-19-7-8/h1-3,8,13H,4-7,12H2. The third-order valence-electron chi connectivity index (χ3n) is 3.09. The van der Waals surface area contributed by atoms with Crippen LogP contribution in [0.15, 0.2) is 23.1 Å². The number of ether oxygens (including phenoxy) is 1. The minimum absolute atomic E-state index is 0.0879. The number of benzene rings is 1. The smallest absolute Gasteiger partial charge is 0.312 e. The Hall–Kier alpha value is -1.71. The number of para-hydroxylation sites is 1. The molecule has 1 aliphatic heterocycles. The summed E-state index contributed by atoms with van der Waals surface area (Å²) in [6, 6.07) is 3.83. The molecule has 0 saturated carbocycles. The molecule has 1 saturated heterocycles. The number of nitrogens with zero attached hydrogens (tertiary/aromatic N) is 1. The molecular formula is C11H15N3O5S. The highest BCUT2D eigenvalue weighted by Gasteiger charge is 2.29. The Labute approximate surface area is 116 Å². The quantitative estimate of drug-likeness (QED) is 0.463. The molecule has 1 fully saturated rings. The van der Waals surface area contributed by atoms with Gasteiger partial charge in [0.15, 0.2) is 4.90 Å². The van der Waals surface area contributed by atoms with Crippen molar-refractivity contribution in [3.63, 3.8) is 0 Å². The fraction of sp³-hybridized carbons (Fsp3) is 0.455. The lowest BCUT2D eigenvalue weighted by Gasteiger charge is -2.11. The zero-order chi connectivity index (χ0) is 14.8. The minimum Gasteiger partial charge on any atom is -0.393 e. The molecule has 9 heteroatoms. The van der Waals surface area contributed by atoms with Crippen LogP contribution in [0.2, 0.25) is 0 Å². The summed E-state index contributed by atoms with van der Waals surface area (Å²) in [4.78, 5) is 9.76. The second-order valence-electron chi connectivity index (χ2n) is 4.53. The molecule has 20 heavy (non-hydrogen) atoms. The first kappa shape index (κ1) is 14.7. The summed E-state index contributed by atoms with van der Waals surface area (Å²) in [6.45, 7) is 1.28. The second kappa shape index (κ2) is 5.73. The molecule has 0 radical (unpaired) electrons. The molecule has 1 unspecified atom stereocenters. The van der Waals surface area contributed by atoms with Gasteiger partial charge in [0.1, 0.15) is 5.69 Å². The topological polar surface area (TPSA) is 125 Å². The maximum Gasteiger partial charge on any atom is 0.312 e. The fourth-order valence-electron chi connectivity index (χ4n) is 2.00. The molecule has 0 spiro atoms. The number of nitro groups is 1. The number of hydrogen-bond acceptors (Lipinski definition) is 6. The van der Waals surface area contributed by atoms with E-state index in [9.17, 15) is 18.5 Å². The van der Waals surface area contributed by atoms with Gasteiger partial charge in [-0.2, -0.15) is 0 Å². The zero-order valence-electron chi connectivity index (χ0n) is 10.6. The largest absolute Gasteiger partial charge is 0.393 e. The first-order valence-corrected chi connectivity index (χ1v) is 7.50. The monoisotopic (exact) mass is 301 g/mol. The van der Waals surface area contributed by atoms with E-state index in [4.69, 9.17) is 10.5 Å². The number of hydrogen-bond donors (Lipinski definition) is 2. The molecule has 1 aromatic carbocycles. The maximum absolute atomic E-state index is 12.2. The van der Waals surface area contributed by atoms with Crippen LogP contribution in [-0.2, 0) is 14.8 Å². The Morgan fingerprint density at radius 3 is 2.85 bits per heavy atom. The van der Waals surface area contributed by atoms with Crippen molar-refractivity contribution in [3.05, 3.63) is 28.3 Å². The lowest BCUT2D eigenvalue weighted by molar-refractivity contribution is -0.386. The number of rotatable bonds is 5. The van der Waals surface area contributed by atoms with E-state index < -0.39 is 25.5 Å². The Bertz CT molecular complexity index is 610. The van der Waals surface area contributed by atoms with Crippen LogP contribution in [0, 0.1) is 16.0 Å². The van der Waals surface area contributed by atoms with Crippen molar-refractivity contribution in [1.82, 2.24) is 4.72 Å². The van der Waals surface area contributed by atoms with Gasteiger partial charge in [0.25, 0.3) is 0 Å². The van der Waals surface area contributed by atoms with Crippen LogP contribution in [0.1, 0.15) is 6.42 Å². The average Bonchev–Trinajstić information content (AvgIpc) is 2.89. The Kier molecular flexibility index (Phi) is 4.21. The predicted octanol–water partition coefficient (Wildman–Crippen LogP) is 0.492. The van der Waals surface area contributed by atoms with Crippen LogP contribution >= 0.6 is 0 Å². The molecule has 8 nitrogen and oxygen atoms in total. The number of nitro benzene ring substituents is 1. The third kappa shape index (κ3) is 3.06. The Balaban J connectivity index is 2.24. The highest BCUT2D eigenvalue weighted by Crippen LogP contribution is 2.29. The van der Waals surface area contributed by atoms with Crippen LogP contribution in [0.25, 0.3) is 0 Å². The van der Waals surface area contributed by atoms with Crippen molar-refractivity contribution < 1.29 is 18.1 Å². The summed E-state index contributed by atoms with van der Waals surface area (Å²) in [5.74, 6) is 0.0879. The second-order valence-corrected chi connectivity index (χ2v) is 6.27. The van der Waals surface area contributed by atoms with Gasteiger partial charge in [-0.15, -0.1) is 0 Å². The van der Waals surface area contributed by atoms with E-state index in [1.54, 1.807) is 0 Å². The van der Waals surface area contributed by atoms with Gasteiger partial charge < -0.3 is 10.5 Å². The summed E-state index contributed by atoms with van der Waals surface area (Å²) in [5, 5.41) is 11.0. The van der Waals surface area contributed by atoms with Gasteiger partial charge in [-0.25, -0.2) is 13.1 Å². The van der Waals surface area contributed by atoms with E-state index in [-0.39, 0.29) is 18.2 Å². The molecule has 3 N–H and O–H groups in total. The molecule has 0 aromatic heterocycles. The van der Waals surface area contributed by atoms with Crippen molar-refractivity contribution in [1.29, 1.82) is 0 Å². The van der Waals surface area contributed by atoms with Gasteiger partial charge in [-0.05, 0) is 24.5 Å². The zero-order valence-corrected chi connectivity index (χ0v) is 11.4. The molecule has 0 bridgehead atoms. The van der Waals surface area contributed by atoms with E-state index in [1.165, 1.54) is 18.2 Å². The highest BCUT2D eigenvalue weighted by atomic mass is 32.2. The van der Waals surface area contributed by atoms with Gasteiger partial charge in [-0.3, -0.25) is 10.1 Å². The van der Waals surface area contributed by atoms with Gasteiger partial charge in [-0.1, -0.05) is 6.07 Å². The highest BCUT2D eigenvalue weighted by molar-refractivity contribution is 7.89. The number of anilines is 1. The molecule has 1 heterocycles. The number of nitrogens with two attached hydrogens (primary N) is 1. The van der Waals surface area contributed by atoms with Crippen LogP contribution in [0.4, 0.5) is 11.4 Å². The summed E-state index contributed by atoms with van der Waals surface area (Å²) in [7, 11) is -3.97. The maximum atomic E-state index is 12.2. The van der Waals surface area contributed by atoms with Crippen LogP contribution in [0.5, 0.6) is 0 Å². The summed E-state index contributed by atoms with van der Waals surface area (Å²) >= 11 is 0. The molecule has 1 aromatic rings. The lowest BCUT2D eigenvalue weighted by Crippen LogP contribution is -2.30. The summed E-state index contributed by atoms with van der Waals surface area (Å²) in [6.07, 6.45) is 0.765. The average molecular weight is 301 g/mol. The lowest BCUT2D eigenvalue weighted by atomic mass is 10.1. The molecule has 2 rings (SSSR count). The normalized spacial score (nSPS) is 19.1. The molecule has 1 aliphatic rings. The number of sulfonamides is 1. The molecule has 0 aliphatic carbocycles. The van der Waals surface area contributed by atoms with Gasteiger partial charge in [0.2, 0.25) is 10.0 Å². The minimum atomic E-state index is -3.97. The van der Waals surface area contributed by atoms with Crippen LogP contribution in [-0.4, -0.2) is 33.1 Å². The van der Waals surface area contributed by atoms with Gasteiger partial charge in [0.05, 0.1) is 11.5 Å².